The van der Waals surface area contributed by atoms with Gasteiger partial charge in [-0.15, -0.1) is 0 Å². The summed E-state index contributed by atoms with van der Waals surface area (Å²) in [5, 5.41) is 47.2. The molecular formula is C9H15FN8O4. The fourth-order valence-electron chi connectivity index (χ4n) is 1.79. The van der Waals surface area contributed by atoms with Crippen molar-refractivity contribution in [1.82, 2.24) is 10.8 Å². The van der Waals surface area contributed by atoms with E-state index in [9.17, 15) is 9.50 Å². The molecule has 4 atom stereocenters. The maximum atomic E-state index is 14.2. The fourth-order valence-corrected chi connectivity index (χ4v) is 1.79. The van der Waals surface area contributed by atoms with Crippen LogP contribution in [0.5, 0.6) is 0 Å². The largest absolute Gasteiger partial charge is 0.390 e. The zero-order valence-electron chi connectivity index (χ0n) is 11.4. The Hall–Kier alpha value is -2.31. The van der Waals surface area contributed by atoms with Crippen LogP contribution in [0.4, 0.5) is 4.39 Å². The SMILES string of the molecule is C[C@]1(N=[N+]=[N-])[C@H](N=C(NO)NC(=N)C=N)O[C@](F)(CO)[C@H]1O. The number of aliphatic hydroxyl groups excluding tert-OH is 2. The van der Waals surface area contributed by atoms with Gasteiger partial charge < -0.3 is 25.7 Å². The van der Waals surface area contributed by atoms with E-state index >= 15 is 0 Å². The van der Waals surface area contributed by atoms with E-state index in [-0.39, 0.29) is 0 Å². The average molecular weight is 318 g/mol. The maximum absolute atomic E-state index is 14.2. The summed E-state index contributed by atoms with van der Waals surface area (Å²) >= 11 is 0. The van der Waals surface area contributed by atoms with Gasteiger partial charge in [0.05, 0.1) is 6.21 Å². The van der Waals surface area contributed by atoms with Crippen molar-refractivity contribution < 1.29 is 24.5 Å². The molecule has 1 aliphatic heterocycles. The second-order valence-corrected chi connectivity index (χ2v) is 4.50. The lowest BCUT2D eigenvalue weighted by molar-refractivity contribution is -0.194. The van der Waals surface area contributed by atoms with Crippen LogP contribution >= 0.6 is 0 Å². The highest BCUT2D eigenvalue weighted by Gasteiger charge is 2.62. The summed E-state index contributed by atoms with van der Waals surface area (Å²) < 4.78 is 19.0. The Kier molecular flexibility index (Phi) is 5.35. The number of guanidine groups is 1. The minimum atomic E-state index is -2.92. The van der Waals surface area contributed by atoms with E-state index in [1.54, 1.807) is 5.48 Å². The Bertz CT molecular complexity index is 538. The molecule has 1 rings (SSSR count). The van der Waals surface area contributed by atoms with Crippen molar-refractivity contribution in [3.63, 3.8) is 0 Å². The third-order valence-corrected chi connectivity index (χ3v) is 2.99. The molecule has 0 unspecified atom stereocenters. The van der Waals surface area contributed by atoms with Gasteiger partial charge in [-0.25, -0.2) is 14.9 Å². The first-order valence-electron chi connectivity index (χ1n) is 5.83. The molecule has 0 aromatic carbocycles. The molecule has 0 aliphatic carbocycles. The van der Waals surface area contributed by atoms with E-state index in [2.05, 4.69) is 20.3 Å². The molecule has 13 heteroatoms. The van der Waals surface area contributed by atoms with E-state index < -0.39 is 42.1 Å². The predicted octanol–water partition coefficient (Wildman–Crippen LogP) is -1.02. The second kappa shape index (κ2) is 6.64. The smallest absolute Gasteiger partial charge is 0.261 e. The number of azide groups is 1. The van der Waals surface area contributed by atoms with E-state index in [0.29, 0.717) is 6.21 Å². The van der Waals surface area contributed by atoms with Gasteiger partial charge >= 0.3 is 0 Å². The highest BCUT2D eigenvalue weighted by atomic mass is 19.2. The molecule has 0 aromatic rings. The number of alkyl halides is 1. The molecule has 22 heavy (non-hydrogen) atoms. The van der Waals surface area contributed by atoms with Crippen LogP contribution in [0, 0.1) is 10.8 Å². The summed E-state index contributed by atoms with van der Waals surface area (Å²) in [6, 6.07) is 0. The number of nitrogens with one attached hydrogen (secondary N) is 4. The number of ether oxygens (including phenoxy) is 1. The van der Waals surface area contributed by atoms with Gasteiger partial charge in [0.25, 0.3) is 5.85 Å². The maximum Gasteiger partial charge on any atom is 0.261 e. The fraction of sp³-hybridized carbons (Fsp3) is 0.667. The minimum Gasteiger partial charge on any atom is -0.390 e. The van der Waals surface area contributed by atoms with Crippen molar-refractivity contribution in [2.24, 2.45) is 10.1 Å². The van der Waals surface area contributed by atoms with Gasteiger partial charge in [0.15, 0.2) is 6.23 Å². The molecule has 7 N–H and O–H groups in total. The number of hydrogen-bond donors (Lipinski definition) is 7. The van der Waals surface area contributed by atoms with Gasteiger partial charge in [0.1, 0.15) is 24.1 Å². The number of hydroxylamine groups is 1. The van der Waals surface area contributed by atoms with Crippen molar-refractivity contribution in [1.29, 1.82) is 10.8 Å². The Labute approximate surface area is 123 Å². The molecular weight excluding hydrogens is 303 g/mol. The van der Waals surface area contributed by atoms with E-state index in [1.807, 2.05) is 0 Å². The van der Waals surface area contributed by atoms with Crippen molar-refractivity contribution >= 4 is 18.0 Å². The molecule has 0 radical (unpaired) electrons. The quantitative estimate of drug-likeness (QED) is 0.0862. The molecule has 0 amide bonds. The summed E-state index contributed by atoms with van der Waals surface area (Å²) in [5.41, 5.74) is 8.18. The molecule has 1 fully saturated rings. The van der Waals surface area contributed by atoms with Crippen LogP contribution in [0.25, 0.3) is 10.4 Å². The van der Waals surface area contributed by atoms with Gasteiger partial charge in [-0.1, -0.05) is 5.11 Å². The zero-order chi connectivity index (χ0) is 17.0. The Morgan fingerprint density at radius 3 is 2.73 bits per heavy atom. The van der Waals surface area contributed by atoms with E-state index in [0.717, 1.165) is 6.92 Å². The van der Waals surface area contributed by atoms with Gasteiger partial charge in [-0.2, -0.15) is 0 Å². The molecule has 0 bridgehead atoms. The summed E-state index contributed by atoms with van der Waals surface area (Å²) in [6.07, 6.45) is -3.06. The second-order valence-electron chi connectivity index (χ2n) is 4.50. The molecule has 12 nitrogen and oxygen atoms in total. The number of aliphatic hydroxyl groups is 2. The number of hydrogen-bond acceptors (Lipinski definition) is 8. The standard InChI is InChI=1S/C9H15FN8O4/c1-8(17-18-13)5(20)9(10,3-19)22-6(8)15-7(16-21)14-4(12)2-11/h2,5-6,11,19-21H,3H2,1H3,(H3,12,14,15,16)/t5-,6+,8+,9+/m0/s1. The molecule has 1 heterocycles. The van der Waals surface area contributed by atoms with Crippen LogP contribution < -0.4 is 10.8 Å². The van der Waals surface area contributed by atoms with Crippen molar-refractivity contribution in [2.45, 2.75) is 30.6 Å². The topological polar surface area (TPSA) is 203 Å². The van der Waals surface area contributed by atoms with E-state index in [4.69, 9.17) is 31.4 Å². The highest BCUT2D eigenvalue weighted by Crippen LogP contribution is 2.42. The zero-order valence-corrected chi connectivity index (χ0v) is 11.4. The molecule has 1 aliphatic rings. The lowest BCUT2D eigenvalue weighted by atomic mass is 9.92. The average Bonchev–Trinajstić information content (AvgIpc) is 2.69. The van der Waals surface area contributed by atoms with Crippen LogP contribution in [0.15, 0.2) is 10.1 Å². The number of rotatable bonds is 4. The van der Waals surface area contributed by atoms with Crippen LogP contribution in [0.2, 0.25) is 0 Å². The monoisotopic (exact) mass is 318 g/mol. The van der Waals surface area contributed by atoms with Gasteiger partial charge in [0.2, 0.25) is 5.96 Å². The number of halogens is 1. The van der Waals surface area contributed by atoms with Crippen molar-refractivity contribution in [3.05, 3.63) is 10.4 Å². The first-order chi connectivity index (χ1) is 10.3. The molecule has 0 aromatic heterocycles. The summed E-state index contributed by atoms with van der Waals surface area (Å²) in [5.74, 6) is -3.92. The minimum absolute atomic E-state index is 0.474. The molecule has 122 valence electrons. The van der Waals surface area contributed by atoms with Gasteiger partial charge in [-0.3, -0.25) is 10.6 Å². The highest BCUT2D eigenvalue weighted by molar-refractivity contribution is 6.30. The summed E-state index contributed by atoms with van der Waals surface area (Å²) in [7, 11) is 0. The van der Waals surface area contributed by atoms with Crippen LogP contribution in [0.1, 0.15) is 6.92 Å². The van der Waals surface area contributed by atoms with Crippen LogP contribution in [-0.4, -0.2) is 63.8 Å². The Balaban J connectivity index is 3.21. The van der Waals surface area contributed by atoms with Crippen LogP contribution in [-0.2, 0) is 4.74 Å². The molecule has 0 saturated carbocycles. The van der Waals surface area contributed by atoms with Crippen molar-refractivity contribution in [3.8, 4) is 0 Å². The number of nitrogens with zero attached hydrogens (tertiary/aromatic N) is 4. The van der Waals surface area contributed by atoms with Crippen LogP contribution in [0.3, 0.4) is 0 Å². The van der Waals surface area contributed by atoms with E-state index in [1.165, 1.54) is 0 Å². The van der Waals surface area contributed by atoms with Gasteiger partial charge in [0, 0.05) is 4.91 Å². The summed E-state index contributed by atoms with van der Waals surface area (Å²) in [6.45, 7) is -0.0815. The number of aliphatic imine (C=N–C) groups is 1. The van der Waals surface area contributed by atoms with Gasteiger partial charge in [-0.05, 0) is 12.5 Å². The first kappa shape index (κ1) is 17.7. The Morgan fingerprint density at radius 1 is 1.64 bits per heavy atom. The van der Waals surface area contributed by atoms with Crippen molar-refractivity contribution in [2.75, 3.05) is 6.61 Å². The lowest BCUT2D eigenvalue weighted by Crippen LogP contribution is -2.48. The first-order valence-corrected chi connectivity index (χ1v) is 5.83. The Morgan fingerprint density at radius 2 is 2.27 bits per heavy atom. The molecule has 1 saturated heterocycles. The molecule has 0 spiro atoms. The third kappa shape index (κ3) is 3.13. The third-order valence-electron chi connectivity index (χ3n) is 2.99. The summed E-state index contributed by atoms with van der Waals surface area (Å²) in [4.78, 5) is 6.14. The number of amidine groups is 1. The predicted molar refractivity (Wildman–Crippen MR) is 71.4 cm³/mol. The normalized spacial score (nSPS) is 34.7. The lowest BCUT2D eigenvalue weighted by Gasteiger charge is -2.25.